The normalized spacial score (nSPS) is 14.4. The van der Waals surface area contributed by atoms with Gasteiger partial charge in [0.1, 0.15) is 28.6 Å². The van der Waals surface area contributed by atoms with E-state index in [9.17, 15) is 10.1 Å². The molecule has 0 saturated carbocycles. The van der Waals surface area contributed by atoms with Gasteiger partial charge in [0.25, 0.3) is 14.2 Å². The molecule has 0 amide bonds. The fourth-order valence-corrected chi connectivity index (χ4v) is 8.75. The van der Waals surface area contributed by atoms with Gasteiger partial charge in [0.15, 0.2) is 5.75 Å². The third-order valence-electron chi connectivity index (χ3n) is 9.68. The lowest BCUT2D eigenvalue weighted by atomic mass is 9.90. The third kappa shape index (κ3) is 11.7. The molecule has 2 heterocycles. The minimum Gasteiger partial charge on any atom is -0.494 e. The molecule has 0 radical (unpaired) electrons. The number of anilines is 1. The van der Waals surface area contributed by atoms with E-state index in [0.717, 1.165) is 70.2 Å². The number of azo groups is 2. The summed E-state index contributed by atoms with van der Waals surface area (Å²) in [4.78, 5) is 13.0. The highest BCUT2D eigenvalue weighted by Crippen LogP contribution is 2.48. The highest BCUT2D eigenvalue weighted by Gasteiger charge is 2.29. The third-order valence-corrected chi connectivity index (χ3v) is 11.8. The van der Waals surface area contributed by atoms with Gasteiger partial charge in [-0.05, 0) is 96.4 Å². The van der Waals surface area contributed by atoms with E-state index in [-0.39, 0.29) is 17.8 Å². The molecule has 0 fully saturated rings. The summed E-state index contributed by atoms with van der Waals surface area (Å²) in [5, 5.41) is 38.0. The average Bonchev–Trinajstić information content (AvgIpc) is 3.20. The van der Waals surface area contributed by atoms with Crippen LogP contribution < -0.4 is 19.1 Å². The molecule has 16 heteroatoms. The first kappa shape index (κ1) is 43.4. The Morgan fingerprint density at radius 2 is 1.42 bits per heavy atom. The van der Waals surface area contributed by atoms with Crippen molar-refractivity contribution in [3.8, 4) is 23.3 Å². The van der Waals surface area contributed by atoms with Crippen LogP contribution in [-0.4, -0.2) is 68.8 Å². The van der Waals surface area contributed by atoms with Crippen LogP contribution in [0, 0.1) is 21.4 Å². The number of benzene rings is 3. The van der Waals surface area contributed by atoms with Crippen LogP contribution in [0.3, 0.4) is 0 Å². The molecule has 1 atom stereocenters. The van der Waals surface area contributed by atoms with Gasteiger partial charge < -0.3 is 28.2 Å². The SMILES string of the molecule is COc1cc(N=Nc2cc3c4c(c2OCCCCCCOP(OCCC#N)N(C(C)C)C(C)C)CCCN4CCC3)c(OC)cc1N=Nc1ccc([N+](=O)[O-])cc1. The summed E-state index contributed by atoms with van der Waals surface area (Å²) in [6.45, 7) is 12.2. The number of nitro benzene ring substituents is 1. The monoisotopic (exact) mass is 802 g/mol. The van der Waals surface area contributed by atoms with E-state index < -0.39 is 13.4 Å². The topological polar surface area (TPSA) is 169 Å². The first-order valence-corrected chi connectivity index (χ1v) is 20.9. The van der Waals surface area contributed by atoms with E-state index >= 15 is 0 Å². The Bertz CT molecular complexity index is 1890. The van der Waals surface area contributed by atoms with Gasteiger partial charge >= 0.3 is 0 Å². The first-order valence-electron chi connectivity index (χ1n) is 19.8. The van der Waals surface area contributed by atoms with Crippen molar-refractivity contribution in [3.63, 3.8) is 0 Å². The number of nitrogens with zero attached hydrogens (tertiary/aromatic N) is 8. The summed E-state index contributed by atoms with van der Waals surface area (Å²) in [5.41, 5.74) is 5.74. The van der Waals surface area contributed by atoms with E-state index in [1.165, 1.54) is 48.2 Å². The number of non-ortho nitro benzene ring substituents is 1. The number of nitriles is 1. The minimum atomic E-state index is -1.23. The molecule has 3 aromatic carbocycles. The molecule has 0 bridgehead atoms. The van der Waals surface area contributed by atoms with Crippen LogP contribution in [0.1, 0.15) is 83.8 Å². The lowest BCUT2D eigenvalue weighted by molar-refractivity contribution is -0.384. The largest absolute Gasteiger partial charge is 0.494 e. The number of ether oxygens (including phenoxy) is 3. The van der Waals surface area contributed by atoms with Crippen molar-refractivity contribution in [2.75, 3.05) is 52.0 Å². The van der Waals surface area contributed by atoms with E-state index in [0.29, 0.717) is 60.5 Å². The first-order chi connectivity index (χ1) is 27.6. The van der Waals surface area contributed by atoms with Gasteiger partial charge in [0.05, 0.1) is 57.1 Å². The Labute approximate surface area is 337 Å². The van der Waals surface area contributed by atoms with Gasteiger partial charge in [-0.2, -0.15) is 10.4 Å². The molecule has 5 rings (SSSR count). The lowest BCUT2D eigenvalue weighted by Crippen LogP contribution is -2.34. The van der Waals surface area contributed by atoms with Gasteiger partial charge in [-0.3, -0.25) is 10.1 Å². The molecule has 0 N–H and O–H groups in total. The second-order valence-electron chi connectivity index (χ2n) is 14.4. The quantitative estimate of drug-likeness (QED) is 0.0313. The molecule has 2 aliphatic heterocycles. The fourth-order valence-electron chi connectivity index (χ4n) is 7.12. The zero-order chi connectivity index (χ0) is 40.7. The van der Waals surface area contributed by atoms with E-state index in [1.54, 1.807) is 19.2 Å². The van der Waals surface area contributed by atoms with E-state index in [1.807, 2.05) is 0 Å². The molecular formula is C41H55N8O7P. The summed E-state index contributed by atoms with van der Waals surface area (Å²) in [6, 6.07) is 14.0. The number of methoxy groups -OCH3 is 2. The predicted molar refractivity (Wildman–Crippen MR) is 221 cm³/mol. The zero-order valence-corrected chi connectivity index (χ0v) is 34.9. The molecule has 0 spiro atoms. The minimum absolute atomic E-state index is 0.0276. The van der Waals surface area contributed by atoms with Crippen LogP contribution in [-0.2, 0) is 21.9 Å². The van der Waals surface area contributed by atoms with E-state index in [2.05, 4.69) is 64.7 Å². The Morgan fingerprint density at radius 3 is 2.04 bits per heavy atom. The molecule has 0 saturated heterocycles. The van der Waals surface area contributed by atoms with Crippen molar-refractivity contribution in [2.24, 2.45) is 20.5 Å². The number of rotatable bonds is 22. The Morgan fingerprint density at radius 1 is 0.825 bits per heavy atom. The van der Waals surface area contributed by atoms with Crippen molar-refractivity contribution >= 4 is 42.7 Å². The fraction of sp³-hybridized carbons (Fsp3) is 0.537. The molecular weight excluding hydrogens is 747 g/mol. The Balaban J connectivity index is 1.27. The summed E-state index contributed by atoms with van der Waals surface area (Å²) in [6.07, 6.45) is 8.17. The standard InChI is InChI=1S/C41H55N8O7P/c1-29(2)48(30(3)4)57(56-25-13-20-42)55-24-10-8-7-9-23-54-41-34-15-12-22-47-21-11-14-31(40(34)47)26-37(41)46-45-36-28-38(52-5)35(27-39(36)53-6)44-43-32-16-18-33(19-17-32)49(50)51/h16-19,26-30H,7-15,21-25H2,1-6H3. The number of hydrogen-bond donors (Lipinski definition) is 0. The van der Waals surface area contributed by atoms with Crippen LogP contribution in [0.15, 0.2) is 62.9 Å². The highest BCUT2D eigenvalue weighted by molar-refractivity contribution is 7.44. The van der Waals surface area contributed by atoms with Gasteiger partial charge in [-0.15, -0.1) is 15.3 Å². The number of aryl methyl sites for hydroxylation is 1. The lowest BCUT2D eigenvalue weighted by Gasteiger charge is -2.37. The van der Waals surface area contributed by atoms with Gasteiger partial charge in [0.2, 0.25) is 0 Å². The van der Waals surface area contributed by atoms with Crippen LogP contribution in [0.4, 0.5) is 34.1 Å². The Hall–Kier alpha value is -4.74. The van der Waals surface area contributed by atoms with Crippen molar-refractivity contribution < 1.29 is 28.2 Å². The summed E-state index contributed by atoms with van der Waals surface area (Å²) in [7, 11) is 1.85. The maximum Gasteiger partial charge on any atom is 0.269 e. The molecule has 1 unspecified atom stereocenters. The van der Waals surface area contributed by atoms with Crippen molar-refractivity contribution in [1.82, 2.24) is 4.67 Å². The Kier molecular flexibility index (Phi) is 16.5. The van der Waals surface area contributed by atoms with Crippen LogP contribution in [0.25, 0.3) is 0 Å². The maximum absolute atomic E-state index is 11.0. The smallest absolute Gasteiger partial charge is 0.269 e. The van der Waals surface area contributed by atoms with Crippen molar-refractivity contribution in [1.29, 1.82) is 5.26 Å². The molecule has 15 nitrogen and oxygen atoms in total. The average molecular weight is 803 g/mol. The molecule has 0 aromatic heterocycles. The predicted octanol–water partition coefficient (Wildman–Crippen LogP) is 11.4. The van der Waals surface area contributed by atoms with Gasteiger partial charge in [0, 0.05) is 60.7 Å². The van der Waals surface area contributed by atoms with Gasteiger partial charge in [-0.25, -0.2) is 4.67 Å². The molecule has 3 aromatic rings. The molecule has 0 aliphatic carbocycles. The van der Waals surface area contributed by atoms with Crippen LogP contribution in [0.5, 0.6) is 17.2 Å². The van der Waals surface area contributed by atoms with Crippen LogP contribution in [0.2, 0.25) is 0 Å². The summed E-state index contributed by atoms with van der Waals surface area (Å²) < 4.78 is 32.5. The molecule has 2 aliphatic rings. The second-order valence-corrected chi connectivity index (χ2v) is 15.9. The van der Waals surface area contributed by atoms with Crippen LogP contribution >= 0.6 is 8.53 Å². The molecule has 57 heavy (non-hydrogen) atoms. The number of hydrogen-bond acceptors (Lipinski definition) is 14. The summed E-state index contributed by atoms with van der Waals surface area (Å²) in [5.74, 6) is 1.62. The second kappa shape index (κ2) is 21.7. The number of unbranched alkanes of at least 4 members (excludes halogenated alkanes) is 3. The van der Waals surface area contributed by atoms with Gasteiger partial charge in [-0.1, -0.05) is 6.42 Å². The van der Waals surface area contributed by atoms with E-state index in [4.69, 9.17) is 33.6 Å². The molecule has 306 valence electrons. The maximum atomic E-state index is 11.0. The van der Waals surface area contributed by atoms with Crippen molar-refractivity contribution in [2.45, 2.75) is 97.6 Å². The zero-order valence-electron chi connectivity index (χ0n) is 34.0. The summed E-state index contributed by atoms with van der Waals surface area (Å²) >= 11 is 0. The van der Waals surface area contributed by atoms with Crippen molar-refractivity contribution in [3.05, 3.63) is 63.7 Å². The number of nitro groups is 1. The highest BCUT2D eigenvalue weighted by atomic mass is 31.2.